The highest BCUT2D eigenvalue weighted by atomic mass is 16.5. The third kappa shape index (κ3) is 4.60. The van der Waals surface area contributed by atoms with Crippen molar-refractivity contribution in [2.45, 2.75) is 32.3 Å². The largest absolute Gasteiger partial charge is 0.481 e. The van der Waals surface area contributed by atoms with E-state index in [-0.39, 0.29) is 11.8 Å². The van der Waals surface area contributed by atoms with Crippen LogP contribution in [0.3, 0.4) is 0 Å². The van der Waals surface area contributed by atoms with Crippen LogP contribution in [-0.4, -0.2) is 30.1 Å². The summed E-state index contributed by atoms with van der Waals surface area (Å²) in [6.07, 6.45) is 4.36. The van der Waals surface area contributed by atoms with Crippen LogP contribution in [0.5, 0.6) is 0 Å². The van der Waals surface area contributed by atoms with Crippen LogP contribution < -0.4 is 5.32 Å². The van der Waals surface area contributed by atoms with Crippen LogP contribution in [-0.2, 0) is 20.9 Å². The van der Waals surface area contributed by atoms with E-state index in [0.717, 1.165) is 12.2 Å². The SMILES string of the molecule is O=C(O)C1CCCC1C(=O)NCCCOCc1ccco1. The topological polar surface area (TPSA) is 88.8 Å². The average molecular weight is 295 g/mol. The zero-order chi connectivity index (χ0) is 15.1. The van der Waals surface area contributed by atoms with Gasteiger partial charge in [0.15, 0.2) is 0 Å². The summed E-state index contributed by atoms with van der Waals surface area (Å²) in [5.41, 5.74) is 0. The van der Waals surface area contributed by atoms with Gasteiger partial charge in [-0.3, -0.25) is 9.59 Å². The molecule has 0 radical (unpaired) electrons. The van der Waals surface area contributed by atoms with Crippen LogP contribution in [0.15, 0.2) is 22.8 Å². The van der Waals surface area contributed by atoms with E-state index in [4.69, 9.17) is 14.3 Å². The molecule has 1 aliphatic rings. The second-order valence-electron chi connectivity index (χ2n) is 5.26. The molecule has 0 saturated heterocycles. The quantitative estimate of drug-likeness (QED) is 0.714. The van der Waals surface area contributed by atoms with Gasteiger partial charge >= 0.3 is 5.97 Å². The Morgan fingerprint density at radius 1 is 1.38 bits per heavy atom. The highest BCUT2D eigenvalue weighted by molar-refractivity contribution is 5.85. The van der Waals surface area contributed by atoms with E-state index in [0.29, 0.717) is 39.0 Å². The van der Waals surface area contributed by atoms with Crippen LogP contribution >= 0.6 is 0 Å². The van der Waals surface area contributed by atoms with Gasteiger partial charge in [-0.25, -0.2) is 0 Å². The number of nitrogens with one attached hydrogen (secondary N) is 1. The fourth-order valence-electron chi connectivity index (χ4n) is 2.65. The minimum absolute atomic E-state index is 0.147. The molecule has 2 N–H and O–H groups in total. The van der Waals surface area contributed by atoms with E-state index in [9.17, 15) is 9.59 Å². The van der Waals surface area contributed by atoms with Crippen LogP contribution in [0.1, 0.15) is 31.4 Å². The van der Waals surface area contributed by atoms with Gasteiger partial charge in [-0.05, 0) is 31.4 Å². The minimum atomic E-state index is -0.866. The third-order valence-electron chi connectivity index (χ3n) is 3.76. The molecule has 0 aromatic carbocycles. The van der Waals surface area contributed by atoms with Gasteiger partial charge in [-0.1, -0.05) is 6.42 Å². The summed E-state index contributed by atoms with van der Waals surface area (Å²) in [4.78, 5) is 23.0. The van der Waals surface area contributed by atoms with Crippen molar-refractivity contribution in [2.75, 3.05) is 13.2 Å². The van der Waals surface area contributed by atoms with Gasteiger partial charge in [0, 0.05) is 13.2 Å². The number of amides is 1. The van der Waals surface area contributed by atoms with Gasteiger partial charge in [0.05, 0.1) is 18.1 Å². The summed E-state index contributed by atoms with van der Waals surface area (Å²) in [5.74, 6) is -1.15. The molecule has 2 rings (SSSR count). The predicted octanol–water partition coefficient (Wildman–Crippen LogP) is 1.80. The first-order valence-electron chi connectivity index (χ1n) is 7.29. The second-order valence-corrected chi connectivity index (χ2v) is 5.26. The first-order chi connectivity index (χ1) is 10.2. The maximum atomic E-state index is 11.9. The summed E-state index contributed by atoms with van der Waals surface area (Å²) >= 11 is 0. The van der Waals surface area contributed by atoms with Crippen LogP contribution in [0.2, 0.25) is 0 Å². The summed E-state index contributed by atoms with van der Waals surface area (Å²) in [7, 11) is 0. The Morgan fingerprint density at radius 2 is 2.19 bits per heavy atom. The summed E-state index contributed by atoms with van der Waals surface area (Å²) in [6, 6.07) is 3.65. The molecule has 1 heterocycles. The zero-order valence-electron chi connectivity index (χ0n) is 11.9. The van der Waals surface area contributed by atoms with Crippen molar-refractivity contribution in [1.82, 2.24) is 5.32 Å². The first-order valence-corrected chi connectivity index (χ1v) is 7.29. The lowest BCUT2D eigenvalue weighted by Crippen LogP contribution is -2.36. The number of hydrogen-bond donors (Lipinski definition) is 2. The zero-order valence-corrected chi connectivity index (χ0v) is 11.9. The van der Waals surface area contributed by atoms with Crippen LogP contribution in [0.4, 0.5) is 0 Å². The number of ether oxygens (including phenoxy) is 1. The average Bonchev–Trinajstić information content (AvgIpc) is 3.12. The van der Waals surface area contributed by atoms with E-state index in [2.05, 4.69) is 5.32 Å². The Balaban J connectivity index is 1.58. The number of carboxylic acids is 1. The standard InChI is InChI=1S/C15H21NO5/c17-14(12-5-1-6-13(12)15(18)19)16-7-3-8-20-10-11-4-2-9-21-11/h2,4,9,12-13H,1,3,5-8,10H2,(H,16,17)(H,18,19). The number of furan rings is 1. The van der Waals surface area contributed by atoms with E-state index in [1.807, 2.05) is 6.07 Å². The normalized spacial score (nSPS) is 21.3. The molecule has 1 aliphatic carbocycles. The number of carbonyl (C=O) groups excluding carboxylic acids is 1. The van der Waals surface area contributed by atoms with E-state index in [1.54, 1.807) is 12.3 Å². The predicted molar refractivity (Wildman–Crippen MR) is 74.5 cm³/mol. The molecule has 6 nitrogen and oxygen atoms in total. The van der Waals surface area contributed by atoms with E-state index >= 15 is 0 Å². The summed E-state index contributed by atoms with van der Waals surface area (Å²) < 4.78 is 10.5. The van der Waals surface area contributed by atoms with Crippen molar-refractivity contribution in [3.8, 4) is 0 Å². The summed E-state index contributed by atoms with van der Waals surface area (Å²) in [5, 5.41) is 11.9. The molecule has 1 fully saturated rings. The third-order valence-corrected chi connectivity index (χ3v) is 3.76. The Labute approximate surface area is 123 Å². The molecule has 1 amide bonds. The first kappa shape index (κ1) is 15.6. The Hall–Kier alpha value is -1.82. The lowest BCUT2D eigenvalue weighted by Gasteiger charge is -2.15. The highest BCUT2D eigenvalue weighted by Crippen LogP contribution is 2.31. The molecule has 2 unspecified atom stereocenters. The van der Waals surface area contributed by atoms with Crippen molar-refractivity contribution in [3.05, 3.63) is 24.2 Å². The van der Waals surface area contributed by atoms with Crippen molar-refractivity contribution in [1.29, 1.82) is 0 Å². The molecule has 21 heavy (non-hydrogen) atoms. The van der Waals surface area contributed by atoms with Crippen molar-refractivity contribution < 1.29 is 23.8 Å². The number of rotatable bonds is 8. The van der Waals surface area contributed by atoms with Crippen LogP contribution in [0.25, 0.3) is 0 Å². The second kappa shape index (κ2) is 7.83. The molecule has 0 bridgehead atoms. The molecule has 1 aromatic rings. The maximum absolute atomic E-state index is 11.9. The minimum Gasteiger partial charge on any atom is -0.481 e. The van der Waals surface area contributed by atoms with Gasteiger partial charge in [-0.2, -0.15) is 0 Å². The van der Waals surface area contributed by atoms with Gasteiger partial charge in [0.2, 0.25) is 5.91 Å². The molecular formula is C15H21NO5. The fraction of sp³-hybridized carbons (Fsp3) is 0.600. The van der Waals surface area contributed by atoms with Crippen LogP contribution in [0, 0.1) is 11.8 Å². The number of hydrogen-bond acceptors (Lipinski definition) is 4. The van der Waals surface area contributed by atoms with Gasteiger partial charge < -0.3 is 19.6 Å². The summed E-state index contributed by atoms with van der Waals surface area (Å²) in [6.45, 7) is 1.44. The highest BCUT2D eigenvalue weighted by Gasteiger charge is 2.37. The van der Waals surface area contributed by atoms with Crippen molar-refractivity contribution in [2.24, 2.45) is 11.8 Å². The van der Waals surface area contributed by atoms with Crippen molar-refractivity contribution in [3.63, 3.8) is 0 Å². The Morgan fingerprint density at radius 3 is 2.90 bits per heavy atom. The number of carboxylic acid groups (broad SMARTS) is 1. The smallest absolute Gasteiger partial charge is 0.307 e. The lowest BCUT2D eigenvalue weighted by molar-refractivity contribution is -0.146. The molecule has 1 saturated carbocycles. The molecule has 116 valence electrons. The molecule has 0 spiro atoms. The Kier molecular flexibility index (Phi) is 5.80. The molecule has 2 atom stereocenters. The van der Waals surface area contributed by atoms with Crippen molar-refractivity contribution >= 4 is 11.9 Å². The maximum Gasteiger partial charge on any atom is 0.307 e. The van der Waals surface area contributed by atoms with E-state index < -0.39 is 11.9 Å². The molecule has 1 aromatic heterocycles. The van der Waals surface area contributed by atoms with Gasteiger partial charge in [-0.15, -0.1) is 0 Å². The lowest BCUT2D eigenvalue weighted by atomic mass is 9.95. The molecule has 0 aliphatic heterocycles. The monoisotopic (exact) mass is 295 g/mol. The van der Waals surface area contributed by atoms with Gasteiger partial charge in [0.25, 0.3) is 0 Å². The van der Waals surface area contributed by atoms with Gasteiger partial charge in [0.1, 0.15) is 12.4 Å². The fourth-order valence-corrected chi connectivity index (χ4v) is 2.65. The Bertz CT molecular complexity index is 457. The molecular weight excluding hydrogens is 274 g/mol. The van der Waals surface area contributed by atoms with E-state index in [1.165, 1.54) is 0 Å². The number of aliphatic carboxylic acids is 1. The molecule has 6 heteroatoms. The number of carbonyl (C=O) groups is 2.